The van der Waals surface area contributed by atoms with Crippen molar-refractivity contribution in [3.63, 3.8) is 0 Å². The Labute approximate surface area is 97.6 Å². The molecule has 96 valence electrons. The number of quaternary nitrogens is 1. The number of nitrogens with one attached hydrogen (secondary N) is 1. The first kappa shape index (κ1) is 13.9. The maximum Gasteiger partial charge on any atom is 0.101 e. The van der Waals surface area contributed by atoms with Gasteiger partial charge in [0, 0.05) is 7.11 Å². The number of hydrogen-bond acceptors (Lipinski definition) is 4. The minimum Gasteiger partial charge on any atom is -0.382 e. The third-order valence-electron chi connectivity index (χ3n) is 2.60. The van der Waals surface area contributed by atoms with E-state index in [1.54, 1.807) is 12.0 Å². The van der Waals surface area contributed by atoms with Crippen LogP contribution in [0.5, 0.6) is 0 Å². The van der Waals surface area contributed by atoms with E-state index in [9.17, 15) is 0 Å². The Kier molecular flexibility index (Phi) is 8.65. The van der Waals surface area contributed by atoms with Crippen molar-refractivity contribution in [2.24, 2.45) is 0 Å². The second-order valence-corrected chi connectivity index (χ2v) is 3.83. The van der Waals surface area contributed by atoms with Crippen molar-refractivity contribution in [3.05, 3.63) is 0 Å². The Bertz CT molecular complexity index is 151. The van der Waals surface area contributed by atoms with Gasteiger partial charge in [0.25, 0.3) is 0 Å². The summed E-state index contributed by atoms with van der Waals surface area (Å²) in [6, 6.07) is 0. The van der Waals surface area contributed by atoms with Crippen LogP contribution in [0.1, 0.15) is 0 Å². The minimum atomic E-state index is 0.647. The maximum absolute atomic E-state index is 5.49. The molecule has 1 aliphatic rings. The van der Waals surface area contributed by atoms with E-state index < -0.39 is 0 Å². The molecule has 1 saturated heterocycles. The molecular weight excluding hydrogens is 210 g/mol. The molecular formula is C11H24NO4+. The van der Waals surface area contributed by atoms with Gasteiger partial charge in [-0.05, 0) is 0 Å². The summed E-state index contributed by atoms with van der Waals surface area (Å²) in [6.45, 7) is 8.48. The fraction of sp³-hybridized carbons (Fsp3) is 1.00. The molecule has 0 aliphatic carbocycles. The SMILES string of the molecule is COCCOCCOCC[NH+]1CCOCC1. The van der Waals surface area contributed by atoms with Gasteiger partial charge in [0.05, 0.1) is 46.2 Å². The second kappa shape index (κ2) is 9.99. The van der Waals surface area contributed by atoms with Gasteiger partial charge in [-0.1, -0.05) is 0 Å². The van der Waals surface area contributed by atoms with Crippen molar-refractivity contribution in [1.29, 1.82) is 0 Å². The van der Waals surface area contributed by atoms with Gasteiger partial charge < -0.3 is 23.8 Å². The van der Waals surface area contributed by atoms with Crippen LogP contribution in [0.2, 0.25) is 0 Å². The fourth-order valence-electron chi connectivity index (χ4n) is 1.59. The van der Waals surface area contributed by atoms with Gasteiger partial charge in [-0.2, -0.15) is 0 Å². The van der Waals surface area contributed by atoms with E-state index in [2.05, 4.69) is 0 Å². The molecule has 0 bridgehead atoms. The van der Waals surface area contributed by atoms with Crippen molar-refractivity contribution in [2.75, 3.05) is 73.0 Å². The van der Waals surface area contributed by atoms with Gasteiger partial charge in [0.1, 0.15) is 19.6 Å². The van der Waals surface area contributed by atoms with E-state index in [0.29, 0.717) is 26.4 Å². The molecule has 0 aromatic rings. The van der Waals surface area contributed by atoms with Crippen molar-refractivity contribution < 1.29 is 23.8 Å². The molecule has 1 fully saturated rings. The number of morpholine rings is 1. The Balaban J connectivity index is 1.77. The van der Waals surface area contributed by atoms with Crippen molar-refractivity contribution >= 4 is 0 Å². The van der Waals surface area contributed by atoms with Gasteiger partial charge in [-0.3, -0.25) is 0 Å². The van der Waals surface area contributed by atoms with Crippen LogP contribution >= 0.6 is 0 Å². The molecule has 0 amide bonds. The highest BCUT2D eigenvalue weighted by molar-refractivity contribution is 4.39. The summed E-state index contributed by atoms with van der Waals surface area (Å²) in [5.41, 5.74) is 0. The monoisotopic (exact) mass is 234 g/mol. The van der Waals surface area contributed by atoms with Gasteiger partial charge in [-0.25, -0.2) is 0 Å². The molecule has 1 N–H and O–H groups in total. The fourth-order valence-corrected chi connectivity index (χ4v) is 1.59. The first-order valence-corrected chi connectivity index (χ1v) is 5.99. The largest absolute Gasteiger partial charge is 0.382 e. The summed E-state index contributed by atoms with van der Waals surface area (Å²) in [6.07, 6.45) is 0. The average Bonchev–Trinajstić information content (AvgIpc) is 2.34. The lowest BCUT2D eigenvalue weighted by atomic mass is 10.4. The van der Waals surface area contributed by atoms with Gasteiger partial charge in [0.15, 0.2) is 0 Å². The summed E-state index contributed by atoms with van der Waals surface area (Å²) in [7, 11) is 1.67. The Morgan fingerprint density at radius 2 is 1.56 bits per heavy atom. The summed E-state index contributed by atoms with van der Waals surface area (Å²) in [5, 5.41) is 0. The summed E-state index contributed by atoms with van der Waals surface area (Å²) >= 11 is 0. The van der Waals surface area contributed by atoms with Gasteiger partial charge in [0.2, 0.25) is 0 Å². The van der Waals surface area contributed by atoms with Crippen molar-refractivity contribution in [2.45, 2.75) is 0 Å². The molecule has 0 spiro atoms. The van der Waals surface area contributed by atoms with Crippen LogP contribution < -0.4 is 4.90 Å². The molecule has 1 heterocycles. The normalized spacial score (nSPS) is 17.8. The third kappa shape index (κ3) is 7.14. The molecule has 0 saturated carbocycles. The standard InChI is InChI=1S/C11H23NO4/c1-13-8-9-16-11-10-15-7-4-12-2-5-14-6-3-12/h2-11H2,1H3/p+1. The van der Waals surface area contributed by atoms with Crippen LogP contribution in [0, 0.1) is 0 Å². The molecule has 1 aliphatic heterocycles. The minimum absolute atomic E-state index is 0.647. The molecule has 0 atom stereocenters. The van der Waals surface area contributed by atoms with Gasteiger partial charge in [-0.15, -0.1) is 0 Å². The summed E-state index contributed by atoms with van der Waals surface area (Å²) in [4.78, 5) is 1.58. The predicted octanol–water partition coefficient (Wildman–Crippen LogP) is -1.42. The van der Waals surface area contributed by atoms with Crippen LogP contribution in [0.3, 0.4) is 0 Å². The highest BCUT2D eigenvalue weighted by atomic mass is 16.5. The quantitative estimate of drug-likeness (QED) is 0.497. The topological polar surface area (TPSA) is 41.4 Å². The molecule has 16 heavy (non-hydrogen) atoms. The predicted molar refractivity (Wildman–Crippen MR) is 59.9 cm³/mol. The first-order chi connectivity index (χ1) is 7.93. The highest BCUT2D eigenvalue weighted by Crippen LogP contribution is 1.79. The van der Waals surface area contributed by atoms with Crippen LogP contribution in [-0.4, -0.2) is 73.0 Å². The third-order valence-corrected chi connectivity index (χ3v) is 2.60. The number of methoxy groups -OCH3 is 1. The van der Waals surface area contributed by atoms with Crippen LogP contribution in [0.4, 0.5) is 0 Å². The number of ether oxygens (including phenoxy) is 4. The molecule has 0 unspecified atom stereocenters. The maximum atomic E-state index is 5.49. The summed E-state index contributed by atoms with van der Waals surface area (Å²) < 4.78 is 20.9. The molecule has 0 aromatic heterocycles. The molecule has 5 heteroatoms. The van der Waals surface area contributed by atoms with Crippen molar-refractivity contribution in [1.82, 2.24) is 0 Å². The smallest absolute Gasteiger partial charge is 0.101 e. The highest BCUT2D eigenvalue weighted by Gasteiger charge is 2.12. The number of hydrogen-bond donors (Lipinski definition) is 1. The Hall–Kier alpha value is -0.200. The van der Waals surface area contributed by atoms with Crippen molar-refractivity contribution in [3.8, 4) is 0 Å². The molecule has 1 rings (SSSR count). The molecule has 0 radical (unpaired) electrons. The lowest BCUT2D eigenvalue weighted by Gasteiger charge is -2.23. The van der Waals surface area contributed by atoms with E-state index in [4.69, 9.17) is 18.9 Å². The first-order valence-electron chi connectivity index (χ1n) is 5.99. The zero-order valence-electron chi connectivity index (χ0n) is 10.2. The van der Waals surface area contributed by atoms with E-state index in [1.165, 1.54) is 0 Å². The average molecular weight is 234 g/mol. The zero-order chi connectivity index (χ0) is 11.5. The second-order valence-electron chi connectivity index (χ2n) is 3.83. The molecule has 5 nitrogen and oxygen atoms in total. The van der Waals surface area contributed by atoms with Crippen LogP contribution in [-0.2, 0) is 18.9 Å². The van der Waals surface area contributed by atoms with E-state index in [1.807, 2.05) is 0 Å². The number of rotatable bonds is 9. The van der Waals surface area contributed by atoms with E-state index >= 15 is 0 Å². The lowest BCUT2D eigenvalue weighted by molar-refractivity contribution is -0.908. The van der Waals surface area contributed by atoms with E-state index in [-0.39, 0.29) is 0 Å². The van der Waals surface area contributed by atoms with Crippen LogP contribution in [0.25, 0.3) is 0 Å². The summed E-state index contributed by atoms with van der Waals surface area (Å²) in [5.74, 6) is 0. The van der Waals surface area contributed by atoms with Crippen LogP contribution in [0.15, 0.2) is 0 Å². The lowest BCUT2D eigenvalue weighted by Crippen LogP contribution is -3.14. The zero-order valence-corrected chi connectivity index (χ0v) is 10.2. The Morgan fingerprint density at radius 3 is 2.25 bits per heavy atom. The molecule has 0 aromatic carbocycles. The van der Waals surface area contributed by atoms with E-state index in [0.717, 1.165) is 39.5 Å². The van der Waals surface area contributed by atoms with Gasteiger partial charge >= 0.3 is 0 Å². The Morgan fingerprint density at radius 1 is 0.938 bits per heavy atom.